The Hall–Kier alpha value is -1.89. The summed E-state index contributed by atoms with van der Waals surface area (Å²) in [4.78, 5) is 0. The van der Waals surface area contributed by atoms with Crippen LogP contribution in [0.2, 0.25) is 0 Å². The Kier molecular flexibility index (Phi) is 3.16. The lowest BCUT2D eigenvalue weighted by atomic mass is 10.00. The zero-order valence-electron chi connectivity index (χ0n) is 9.15. The molecule has 0 aliphatic carbocycles. The van der Waals surface area contributed by atoms with E-state index in [9.17, 15) is 4.39 Å². The summed E-state index contributed by atoms with van der Waals surface area (Å²) in [7, 11) is 0. The number of hydrogen-bond acceptors (Lipinski definition) is 0. The minimum Gasteiger partial charge on any atom is -0.216 e. The van der Waals surface area contributed by atoms with Crippen molar-refractivity contribution in [2.45, 2.75) is 6.92 Å². The summed E-state index contributed by atoms with van der Waals surface area (Å²) < 4.78 is 12.0. The lowest BCUT2D eigenvalue weighted by Crippen LogP contribution is -1.82. The van der Waals surface area contributed by atoms with Crippen molar-refractivity contribution in [3.8, 4) is 11.1 Å². The highest BCUT2D eigenvalue weighted by atomic mass is 19.1. The van der Waals surface area contributed by atoms with Crippen LogP contribution in [0.25, 0.3) is 17.2 Å². The predicted molar refractivity (Wildman–Crippen MR) is 66.8 cm³/mol. The maximum absolute atomic E-state index is 12.0. The van der Waals surface area contributed by atoms with Gasteiger partial charge < -0.3 is 0 Å². The van der Waals surface area contributed by atoms with Gasteiger partial charge in [0.25, 0.3) is 0 Å². The van der Waals surface area contributed by atoms with Crippen LogP contribution in [0, 0.1) is 6.92 Å². The first-order valence-electron chi connectivity index (χ1n) is 5.24. The Morgan fingerprint density at radius 3 is 2.25 bits per heavy atom. The van der Waals surface area contributed by atoms with Gasteiger partial charge in [-0.2, -0.15) is 0 Å². The van der Waals surface area contributed by atoms with Gasteiger partial charge in [0.1, 0.15) is 0 Å². The zero-order valence-corrected chi connectivity index (χ0v) is 9.15. The van der Waals surface area contributed by atoms with Crippen LogP contribution in [0.15, 0.2) is 54.9 Å². The number of benzene rings is 2. The summed E-state index contributed by atoms with van der Waals surface area (Å²) >= 11 is 0. The smallest absolute Gasteiger partial charge is 0.0872 e. The molecule has 0 radical (unpaired) electrons. The van der Waals surface area contributed by atoms with Crippen LogP contribution in [0.4, 0.5) is 4.39 Å². The first-order valence-corrected chi connectivity index (χ1v) is 5.24. The van der Waals surface area contributed by atoms with Gasteiger partial charge in [0.05, 0.1) is 6.33 Å². The Morgan fingerprint density at radius 2 is 1.62 bits per heavy atom. The van der Waals surface area contributed by atoms with E-state index in [0.717, 1.165) is 11.1 Å². The molecule has 0 bridgehead atoms. The standard InChI is InChI=1S/C15H13F/c1-12-4-2-3-5-15(12)14-8-6-13(7-9-14)10-11-16/h2-11H,1H3. The van der Waals surface area contributed by atoms with Crippen LogP contribution >= 0.6 is 0 Å². The van der Waals surface area contributed by atoms with E-state index in [2.05, 4.69) is 19.1 Å². The molecule has 0 fully saturated rings. The molecule has 1 heteroatoms. The third-order valence-electron chi connectivity index (χ3n) is 2.62. The van der Waals surface area contributed by atoms with Crippen molar-refractivity contribution in [3.05, 3.63) is 66.0 Å². The lowest BCUT2D eigenvalue weighted by Gasteiger charge is -2.05. The topological polar surface area (TPSA) is 0 Å². The maximum atomic E-state index is 12.0. The molecule has 0 unspecified atom stereocenters. The summed E-state index contributed by atoms with van der Waals surface area (Å²) in [6.07, 6.45) is 2.00. The molecule has 2 aromatic rings. The molecule has 0 atom stereocenters. The van der Waals surface area contributed by atoms with E-state index in [1.165, 1.54) is 17.2 Å². The second-order valence-corrected chi connectivity index (χ2v) is 3.73. The van der Waals surface area contributed by atoms with Gasteiger partial charge in [0.2, 0.25) is 0 Å². The summed E-state index contributed by atoms with van der Waals surface area (Å²) in [6.45, 7) is 2.09. The summed E-state index contributed by atoms with van der Waals surface area (Å²) in [5.74, 6) is 0. The molecule has 0 aromatic heterocycles. The van der Waals surface area contributed by atoms with Crippen molar-refractivity contribution in [2.75, 3.05) is 0 Å². The second-order valence-electron chi connectivity index (χ2n) is 3.73. The molecule has 16 heavy (non-hydrogen) atoms. The molecular formula is C15H13F. The number of aryl methyl sites for hydroxylation is 1. The van der Waals surface area contributed by atoms with E-state index in [1.54, 1.807) is 0 Å². The van der Waals surface area contributed by atoms with Gasteiger partial charge in [-0.3, -0.25) is 0 Å². The van der Waals surface area contributed by atoms with E-state index >= 15 is 0 Å². The monoisotopic (exact) mass is 212 g/mol. The van der Waals surface area contributed by atoms with Crippen molar-refractivity contribution in [1.29, 1.82) is 0 Å². The highest BCUT2D eigenvalue weighted by Crippen LogP contribution is 2.23. The number of halogens is 1. The number of hydrogen-bond donors (Lipinski definition) is 0. The minimum atomic E-state index is 0.558. The highest BCUT2D eigenvalue weighted by Gasteiger charge is 1.99. The van der Waals surface area contributed by atoms with Crippen LogP contribution in [0.3, 0.4) is 0 Å². The summed E-state index contributed by atoms with van der Waals surface area (Å²) in [5.41, 5.74) is 4.50. The highest BCUT2D eigenvalue weighted by molar-refractivity contribution is 5.68. The summed E-state index contributed by atoms with van der Waals surface area (Å²) in [5, 5.41) is 0. The van der Waals surface area contributed by atoms with Gasteiger partial charge in [-0.25, -0.2) is 4.39 Å². The van der Waals surface area contributed by atoms with Gasteiger partial charge in [-0.05, 0) is 35.3 Å². The molecule has 0 aliphatic rings. The fraction of sp³-hybridized carbons (Fsp3) is 0.0667. The van der Waals surface area contributed by atoms with Gasteiger partial charge >= 0.3 is 0 Å². The third kappa shape index (κ3) is 2.19. The van der Waals surface area contributed by atoms with Crippen LogP contribution in [0.5, 0.6) is 0 Å². The van der Waals surface area contributed by atoms with Crippen molar-refractivity contribution in [3.63, 3.8) is 0 Å². The van der Waals surface area contributed by atoms with Crippen molar-refractivity contribution >= 4 is 6.08 Å². The van der Waals surface area contributed by atoms with Crippen LogP contribution < -0.4 is 0 Å². The molecule has 2 rings (SSSR count). The molecule has 0 nitrogen and oxygen atoms in total. The number of rotatable bonds is 2. The molecule has 0 spiro atoms. The van der Waals surface area contributed by atoms with Crippen LogP contribution in [-0.4, -0.2) is 0 Å². The van der Waals surface area contributed by atoms with E-state index < -0.39 is 0 Å². The fourth-order valence-electron chi connectivity index (χ4n) is 1.74. The van der Waals surface area contributed by atoms with E-state index in [4.69, 9.17) is 0 Å². The zero-order chi connectivity index (χ0) is 11.4. The van der Waals surface area contributed by atoms with Crippen molar-refractivity contribution in [2.24, 2.45) is 0 Å². The Labute approximate surface area is 95.1 Å². The fourth-order valence-corrected chi connectivity index (χ4v) is 1.74. The Morgan fingerprint density at radius 1 is 0.938 bits per heavy atom. The Bertz CT molecular complexity index is 495. The molecule has 0 N–H and O–H groups in total. The van der Waals surface area contributed by atoms with Crippen molar-refractivity contribution < 1.29 is 4.39 Å². The first kappa shape index (κ1) is 10.6. The second kappa shape index (κ2) is 4.75. The normalized spacial score (nSPS) is 10.9. The third-order valence-corrected chi connectivity index (χ3v) is 2.62. The lowest BCUT2D eigenvalue weighted by molar-refractivity contribution is 0.727. The van der Waals surface area contributed by atoms with E-state index in [-0.39, 0.29) is 0 Å². The molecule has 80 valence electrons. The average Bonchev–Trinajstić information content (AvgIpc) is 2.31. The van der Waals surface area contributed by atoms with Gasteiger partial charge in [-0.1, -0.05) is 48.5 Å². The molecule has 0 amide bonds. The summed E-state index contributed by atoms with van der Waals surface area (Å²) in [6, 6.07) is 16.1. The molecule has 2 aromatic carbocycles. The van der Waals surface area contributed by atoms with Crippen LogP contribution in [-0.2, 0) is 0 Å². The quantitative estimate of drug-likeness (QED) is 0.682. The largest absolute Gasteiger partial charge is 0.216 e. The minimum absolute atomic E-state index is 0.558. The van der Waals surface area contributed by atoms with Crippen molar-refractivity contribution in [1.82, 2.24) is 0 Å². The van der Waals surface area contributed by atoms with Gasteiger partial charge in [-0.15, -0.1) is 0 Å². The Balaban J connectivity index is 2.39. The average molecular weight is 212 g/mol. The molecule has 0 saturated carbocycles. The van der Waals surface area contributed by atoms with Gasteiger partial charge in [0, 0.05) is 0 Å². The van der Waals surface area contributed by atoms with E-state index in [1.807, 2.05) is 36.4 Å². The molecular weight excluding hydrogens is 199 g/mol. The van der Waals surface area contributed by atoms with Crippen LogP contribution in [0.1, 0.15) is 11.1 Å². The molecule has 0 saturated heterocycles. The SMILES string of the molecule is Cc1ccccc1-c1ccc(C=CF)cc1. The predicted octanol–water partition coefficient (Wildman–Crippen LogP) is 4.60. The maximum Gasteiger partial charge on any atom is 0.0872 e. The molecule has 0 aliphatic heterocycles. The van der Waals surface area contributed by atoms with Gasteiger partial charge in [0.15, 0.2) is 0 Å². The molecule has 0 heterocycles. The van der Waals surface area contributed by atoms with E-state index in [0.29, 0.717) is 6.33 Å². The first-order chi connectivity index (χ1) is 7.81.